The molecular weight excluding hydrogens is 202 g/mol. The molecule has 0 fully saturated rings. The fourth-order valence-electron chi connectivity index (χ4n) is 1.26. The predicted molar refractivity (Wildman–Crippen MR) is 71.6 cm³/mol. The molecule has 0 aromatic carbocycles. The lowest BCUT2D eigenvalue weighted by Gasteiger charge is -2.04. The van der Waals surface area contributed by atoms with Crippen molar-refractivity contribution in [2.45, 2.75) is 51.7 Å². The Balaban J connectivity index is 0.000000262. The van der Waals surface area contributed by atoms with Crippen molar-refractivity contribution in [3.8, 4) is 0 Å². The van der Waals surface area contributed by atoms with Gasteiger partial charge in [-0.2, -0.15) is 12.6 Å². The summed E-state index contributed by atoms with van der Waals surface area (Å²) in [5.41, 5.74) is 1.07. The minimum atomic E-state index is 0.657. The molecule has 0 radical (unpaired) electrons. The highest BCUT2D eigenvalue weighted by atomic mass is 32.1. The van der Waals surface area contributed by atoms with Gasteiger partial charge in [-0.25, -0.2) is 0 Å². The largest absolute Gasteiger partial charge is 0.262 e. The minimum Gasteiger partial charge on any atom is -0.262 e. The molecule has 0 aliphatic carbocycles. The number of hydrogen-bond acceptors (Lipinski definition) is 2. The lowest BCUT2D eigenvalue weighted by Crippen LogP contribution is -1.95. The summed E-state index contributed by atoms with van der Waals surface area (Å²) < 4.78 is 0. The van der Waals surface area contributed by atoms with Crippen LogP contribution in [0.1, 0.15) is 45.2 Å². The second-order valence-corrected chi connectivity index (χ2v) is 4.43. The fourth-order valence-corrected chi connectivity index (χ4v) is 1.78. The van der Waals surface area contributed by atoms with E-state index in [0.29, 0.717) is 5.25 Å². The van der Waals surface area contributed by atoms with Gasteiger partial charge in [-0.1, -0.05) is 32.8 Å². The van der Waals surface area contributed by atoms with Gasteiger partial charge in [0.2, 0.25) is 0 Å². The second-order valence-electron chi connectivity index (χ2n) is 3.70. The summed E-state index contributed by atoms with van der Waals surface area (Å²) in [6, 6.07) is 5.86. The van der Waals surface area contributed by atoms with Crippen molar-refractivity contribution in [2.24, 2.45) is 0 Å². The van der Waals surface area contributed by atoms with Crippen LogP contribution in [-0.2, 0) is 0 Å². The summed E-state index contributed by atoms with van der Waals surface area (Å²) in [6.45, 7) is 6.39. The molecule has 0 atom stereocenters. The topological polar surface area (TPSA) is 12.9 Å². The van der Waals surface area contributed by atoms with E-state index < -0.39 is 0 Å². The maximum absolute atomic E-state index is 4.39. The van der Waals surface area contributed by atoms with E-state index in [0.717, 1.165) is 5.69 Å². The van der Waals surface area contributed by atoms with Crippen LogP contribution in [-0.4, -0.2) is 10.2 Å². The average molecular weight is 225 g/mol. The van der Waals surface area contributed by atoms with E-state index >= 15 is 0 Å². The van der Waals surface area contributed by atoms with Crippen molar-refractivity contribution in [2.75, 3.05) is 0 Å². The normalized spacial score (nSPS) is 9.67. The summed E-state index contributed by atoms with van der Waals surface area (Å²) in [5.74, 6) is 0. The van der Waals surface area contributed by atoms with Crippen LogP contribution in [0.15, 0.2) is 24.4 Å². The molecule has 2 heteroatoms. The molecule has 0 aliphatic heterocycles. The molecule has 86 valence electrons. The molecule has 0 saturated carbocycles. The molecule has 0 aliphatic rings. The average Bonchev–Trinajstić information content (AvgIpc) is 2.20. The van der Waals surface area contributed by atoms with Gasteiger partial charge in [0.05, 0.1) is 0 Å². The standard InChI is InChI=1S/C7H16S.C6H7N/c1-3-5-7(8)6-4-2;1-6-4-2-3-5-7-6/h7-8H,3-6H2,1-2H3;2-5H,1H3. The van der Waals surface area contributed by atoms with Gasteiger partial charge in [0, 0.05) is 17.1 Å². The Kier molecular flexibility index (Phi) is 9.70. The number of pyridine rings is 1. The molecular formula is C13H23NS. The molecule has 0 saturated heterocycles. The van der Waals surface area contributed by atoms with E-state index in [4.69, 9.17) is 0 Å². The van der Waals surface area contributed by atoms with Crippen LogP contribution in [0.5, 0.6) is 0 Å². The van der Waals surface area contributed by atoms with E-state index in [9.17, 15) is 0 Å². The zero-order valence-electron chi connectivity index (χ0n) is 10.1. The Morgan fingerprint density at radius 3 is 2.07 bits per heavy atom. The van der Waals surface area contributed by atoms with Gasteiger partial charge in [0.25, 0.3) is 0 Å². The highest BCUT2D eigenvalue weighted by Crippen LogP contribution is 2.09. The molecule has 1 heterocycles. The van der Waals surface area contributed by atoms with Crippen LogP contribution in [0.2, 0.25) is 0 Å². The van der Waals surface area contributed by atoms with Gasteiger partial charge in [-0.15, -0.1) is 0 Å². The van der Waals surface area contributed by atoms with E-state index in [1.165, 1.54) is 25.7 Å². The SMILES string of the molecule is CCCC(S)CCC.Cc1ccccn1. The zero-order chi connectivity index (χ0) is 11.5. The van der Waals surface area contributed by atoms with Gasteiger partial charge >= 0.3 is 0 Å². The first-order valence-corrected chi connectivity index (χ1v) is 6.28. The number of nitrogens with zero attached hydrogens (tertiary/aromatic N) is 1. The van der Waals surface area contributed by atoms with E-state index in [-0.39, 0.29) is 0 Å². The molecule has 15 heavy (non-hydrogen) atoms. The third-order valence-corrected chi connectivity index (χ3v) is 2.57. The number of thiol groups is 1. The third-order valence-electron chi connectivity index (χ3n) is 2.06. The molecule has 1 aromatic rings. The summed E-state index contributed by atoms with van der Waals surface area (Å²) in [5, 5.41) is 0.657. The minimum absolute atomic E-state index is 0.657. The number of rotatable bonds is 4. The van der Waals surface area contributed by atoms with Gasteiger partial charge in [-0.3, -0.25) is 4.98 Å². The highest BCUT2D eigenvalue weighted by molar-refractivity contribution is 7.80. The summed E-state index contributed by atoms with van der Waals surface area (Å²) >= 11 is 4.39. The fraction of sp³-hybridized carbons (Fsp3) is 0.615. The zero-order valence-corrected chi connectivity index (χ0v) is 11.0. The first-order chi connectivity index (χ1) is 7.20. The predicted octanol–water partition coefficient (Wildman–Crippen LogP) is 4.28. The molecule has 1 rings (SSSR count). The molecule has 0 spiro atoms. The van der Waals surface area contributed by atoms with Crippen molar-refractivity contribution in [3.63, 3.8) is 0 Å². The monoisotopic (exact) mass is 225 g/mol. The van der Waals surface area contributed by atoms with E-state index in [1.54, 1.807) is 6.20 Å². The van der Waals surface area contributed by atoms with E-state index in [1.807, 2.05) is 25.1 Å². The highest BCUT2D eigenvalue weighted by Gasteiger charge is 1.96. The van der Waals surface area contributed by atoms with Crippen molar-refractivity contribution >= 4 is 12.6 Å². The van der Waals surface area contributed by atoms with Crippen molar-refractivity contribution in [1.29, 1.82) is 0 Å². The van der Waals surface area contributed by atoms with Crippen LogP contribution in [0.4, 0.5) is 0 Å². The molecule has 1 nitrogen and oxygen atoms in total. The Morgan fingerprint density at radius 2 is 1.80 bits per heavy atom. The summed E-state index contributed by atoms with van der Waals surface area (Å²) in [6.07, 6.45) is 6.88. The van der Waals surface area contributed by atoms with Crippen LogP contribution in [0.25, 0.3) is 0 Å². The van der Waals surface area contributed by atoms with Crippen LogP contribution < -0.4 is 0 Å². The summed E-state index contributed by atoms with van der Waals surface area (Å²) in [7, 11) is 0. The van der Waals surface area contributed by atoms with Crippen LogP contribution >= 0.6 is 12.6 Å². The molecule has 0 bridgehead atoms. The number of hydrogen-bond donors (Lipinski definition) is 1. The quantitative estimate of drug-likeness (QED) is 0.755. The van der Waals surface area contributed by atoms with Gasteiger partial charge in [0.15, 0.2) is 0 Å². The first kappa shape index (κ1) is 14.5. The molecule has 0 N–H and O–H groups in total. The number of aryl methyl sites for hydroxylation is 1. The lowest BCUT2D eigenvalue weighted by molar-refractivity contribution is 0.676. The maximum atomic E-state index is 4.39. The van der Waals surface area contributed by atoms with Crippen molar-refractivity contribution in [1.82, 2.24) is 4.98 Å². The molecule has 0 amide bonds. The van der Waals surface area contributed by atoms with Crippen molar-refractivity contribution in [3.05, 3.63) is 30.1 Å². The van der Waals surface area contributed by atoms with Gasteiger partial charge < -0.3 is 0 Å². The Morgan fingerprint density at radius 1 is 1.20 bits per heavy atom. The molecule has 1 aromatic heterocycles. The Labute approximate surface area is 99.7 Å². The lowest BCUT2D eigenvalue weighted by atomic mass is 10.2. The Hall–Kier alpha value is -0.500. The first-order valence-electron chi connectivity index (χ1n) is 5.76. The van der Waals surface area contributed by atoms with E-state index in [2.05, 4.69) is 31.5 Å². The van der Waals surface area contributed by atoms with Crippen LogP contribution in [0.3, 0.4) is 0 Å². The third kappa shape index (κ3) is 9.80. The Bertz CT molecular complexity index is 217. The molecule has 0 unspecified atom stereocenters. The van der Waals surface area contributed by atoms with Crippen molar-refractivity contribution < 1.29 is 0 Å². The second kappa shape index (κ2) is 10.0. The van der Waals surface area contributed by atoms with Gasteiger partial charge in [-0.05, 0) is 31.9 Å². The van der Waals surface area contributed by atoms with Crippen LogP contribution in [0, 0.1) is 6.92 Å². The number of aromatic nitrogens is 1. The summed E-state index contributed by atoms with van der Waals surface area (Å²) in [4.78, 5) is 3.98. The maximum Gasteiger partial charge on any atom is 0.0372 e. The van der Waals surface area contributed by atoms with Gasteiger partial charge in [0.1, 0.15) is 0 Å². The smallest absolute Gasteiger partial charge is 0.0372 e.